The van der Waals surface area contributed by atoms with Gasteiger partial charge < -0.3 is 9.73 Å². The summed E-state index contributed by atoms with van der Waals surface area (Å²) in [7, 11) is 0. The van der Waals surface area contributed by atoms with Crippen LogP contribution in [-0.4, -0.2) is 0 Å². The summed E-state index contributed by atoms with van der Waals surface area (Å²) in [6, 6.07) is 50.7. The van der Waals surface area contributed by atoms with Crippen LogP contribution < -0.4 is 5.32 Å². The minimum absolute atomic E-state index is 0.0582. The van der Waals surface area contributed by atoms with Crippen molar-refractivity contribution < 1.29 is 4.42 Å². The van der Waals surface area contributed by atoms with Gasteiger partial charge >= 0.3 is 0 Å². The van der Waals surface area contributed by atoms with Gasteiger partial charge in [0, 0.05) is 22.2 Å². The van der Waals surface area contributed by atoms with Crippen molar-refractivity contribution in [2.24, 2.45) is 0 Å². The third-order valence-electron chi connectivity index (χ3n) is 9.91. The number of hydrogen-bond donors (Lipinski definition) is 1. The third-order valence-corrected chi connectivity index (χ3v) is 9.91. The van der Waals surface area contributed by atoms with E-state index in [1.165, 1.54) is 66.6 Å². The van der Waals surface area contributed by atoms with Crippen LogP contribution in [0.2, 0.25) is 0 Å². The maximum atomic E-state index is 6.77. The third kappa shape index (κ3) is 3.04. The second-order valence-corrected chi connectivity index (χ2v) is 12.1. The first-order valence-electron chi connectivity index (χ1n) is 15.3. The maximum Gasteiger partial charge on any atom is 0.140 e. The highest BCUT2D eigenvalue weighted by Gasteiger charge is 2.54. The molecule has 2 nitrogen and oxygen atoms in total. The van der Waals surface area contributed by atoms with Crippen LogP contribution in [0.15, 0.2) is 150 Å². The van der Waals surface area contributed by atoms with Gasteiger partial charge in [-0.1, -0.05) is 127 Å². The molecule has 1 aromatic heterocycles. The van der Waals surface area contributed by atoms with Crippen molar-refractivity contribution in [1.82, 2.24) is 0 Å². The molecule has 6 aromatic carbocycles. The Labute approximate surface area is 255 Å². The Morgan fingerprint density at radius 2 is 1.23 bits per heavy atom. The van der Waals surface area contributed by atoms with Crippen molar-refractivity contribution in [3.63, 3.8) is 0 Å². The first-order valence-corrected chi connectivity index (χ1v) is 15.3. The minimum Gasteiger partial charge on any atom is -0.456 e. The summed E-state index contributed by atoms with van der Waals surface area (Å²) in [6.07, 6.45) is 4.54. The summed E-state index contributed by atoms with van der Waals surface area (Å²) in [5.41, 5.74) is 15.6. The second kappa shape index (κ2) is 8.72. The highest BCUT2D eigenvalue weighted by molar-refractivity contribution is 6.02. The molecule has 1 spiro atoms. The summed E-state index contributed by atoms with van der Waals surface area (Å²) in [6.45, 7) is 0. The van der Waals surface area contributed by atoms with E-state index in [-0.39, 0.29) is 6.04 Å². The summed E-state index contributed by atoms with van der Waals surface area (Å²) < 4.78 is 6.77. The molecule has 3 aliphatic rings. The predicted octanol–water partition coefficient (Wildman–Crippen LogP) is 10.6. The molecule has 2 aliphatic carbocycles. The van der Waals surface area contributed by atoms with Crippen LogP contribution >= 0.6 is 0 Å². The van der Waals surface area contributed by atoms with Gasteiger partial charge in [0.05, 0.1) is 11.5 Å². The van der Waals surface area contributed by atoms with Gasteiger partial charge in [0.25, 0.3) is 0 Å². The lowest BCUT2D eigenvalue weighted by Crippen LogP contribution is -2.25. The van der Waals surface area contributed by atoms with Gasteiger partial charge in [-0.15, -0.1) is 0 Å². The zero-order chi connectivity index (χ0) is 28.8. The molecule has 44 heavy (non-hydrogen) atoms. The normalized spacial score (nSPS) is 16.2. The van der Waals surface area contributed by atoms with Crippen molar-refractivity contribution >= 4 is 22.7 Å². The van der Waals surface area contributed by atoms with E-state index in [1.807, 2.05) is 0 Å². The summed E-state index contributed by atoms with van der Waals surface area (Å²) in [5.74, 6) is 0.991. The molecule has 2 heterocycles. The van der Waals surface area contributed by atoms with Gasteiger partial charge in [0.1, 0.15) is 11.3 Å². The fourth-order valence-corrected chi connectivity index (χ4v) is 8.06. The maximum absolute atomic E-state index is 6.77. The van der Waals surface area contributed by atoms with E-state index in [1.54, 1.807) is 0 Å². The topological polar surface area (TPSA) is 25.2 Å². The number of anilines is 1. The molecule has 2 heteroatoms. The number of nitrogens with one attached hydrogen (secondary N) is 1. The Balaban J connectivity index is 1.15. The van der Waals surface area contributed by atoms with Crippen LogP contribution in [-0.2, 0) is 5.41 Å². The number of rotatable bonds is 2. The molecule has 1 atom stereocenters. The second-order valence-electron chi connectivity index (χ2n) is 12.1. The highest BCUT2D eigenvalue weighted by atomic mass is 16.3. The fourth-order valence-electron chi connectivity index (χ4n) is 8.06. The Morgan fingerprint density at radius 3 is 1.98 bits per heavy atom. The molecule has 0 saturated carbocycles. The first kappa shape index (κ1) is 23.9. The van der Waals surface area contributed by atoms with Gasteiger partial charge in [-0.3, -0.25) is 0 Å². The zero-order valence-corrected chi connectivity index (χ0v) is 23.9. The van der Waals surface area contributed by atoms with Crippen molar-refractivity contribution in [2.75, 3.05) is 5.32 Å². The monoisotopic (exact) mass is 561 g/mol. The van der Waals surface area contributed by atoms with Crippen LogP contribution in [0, 0.1) is 0 Å². The molecule has 0 saturated heterocycles. The Kier molecular flexibility index (Phi) is 4.74. The summed E-state index contributed by atoms with van der Waals surface area (Å²) in [4.78, 5) is 0. The van der Waals surface area contributed by atoms with Crippen LogP contribution in [0.3, 0.4) is 0 Å². The van der Waals surface area contributed by atoms with Crippen molar-refractivity contribution in [3.05, 3.63) is 179 Å². The van der Waals surface area contributed by atoms with E-state index in [9.17, 15) is 0 Å². The molecule has 10 rings (SSSR count). The number of benzene rings is 6. The van der Waals surface area contributed by atoms with Gasteiger partial charge in [-0.25, -0.2) is 0 Å². The average molecular weight is 562 g/mol. The number of fused-ring (bicyclic) bond motifs is 13. The molecule has 1 unspecified atom stereocenters. The smallest absolute Gasteiger partial charge is 0.140 e. The first-order chi connectivity index (χ1) is 21.8. The van der Waals surface area contributed by atoms with Crippen LogP contribution in [0.5, 0.6) is 0 Å². The minimum atomic E-state index is -0.417. The van der Waals surface area contributed by atoms with E-state index in [2.05, 4.69) is 157 Å². The molecule has 1 aliphatic heterocycles. The van der Waals surface area contributed by atoms with Crippen LogP contribution in [0.4, 0.5) is 5.69 Å². The van der Waals surface area contributed by atoms with E-state index >= 15 is 0 Å². The summed E-state index contributed by atoms with van der Waals surface area (Å²) in [5, 5.41) is 4.99. The fraction of sp³-hybridized carbons (Fsp3) is 0.0476. The molecule has 0 fully saturated rings. The van der Waals surface area contributed by atoms with Gasteiger partial charge in [-0.2, -0.15) is 0 Å². The molecular weight excluding hydrogens is 534 g/mol. The molecule has 0 bridgehead atoms. The summed E-state index contributed by atoms with van der Waals surface area (Å²) >= 11 is 0. The molecule has 0 amide bonds. The average Bonchev–Trinajstić information content (AvgIpc) is 3.71. The molecule has 1 N–H and O–H groups in total. The van der Waals surface area contributed by atoms with Gasteiger partial charge in [0.15, 0.2) is 0 Å². The zero-order valence-electron chi connectivity index (χ0n) is 23.9. The lowest BCUT2D eigenvalue weighted by molar-refractivity contribution is 0.628. The van der Waals surface area contributed by atoms with E-state index in [0.29, 0.717) is 0 Å². The van der Waals surface area contributed by atoms with Gasteiger partial charge in [-0.05, 0) is 74.3 Å². The predicted molar refractivity (Wildman–Crippen MR) is 180 cm³/mol. The number of furan rings is 1. The van der Waals surface area contributed by atoms with Crippen LogP contribution in [0.25, 0.3) is 50.6 Å². The Morgan fingerprint density at radius 1 is 0.568 bits per heavy atom. The van der Waals surface area contributed by atoms with Gasteiger partial charge in [0.2, 0.25) is 0 Å². The Hall–Kier alpha value is -5.60. The van der Waals surface area contributed by atoms with Crippen molar-refractivity contribution in [1.29, 1.82) is 0 Å². The van der Waals surface area contributed by atoms with Crippen LogP contribution in [0.1, 0.15) is 39.4 Å². The number of hydrogen-bond acceptors (Lipinski definition) is 2. The van der Waals surface area contributed by atoms with E-state index in [0.717, 1.165) is 17.0 Å². The van der Waals surface area contributed by atoms with E-state index < -0.39 is 5.41 Å². The molecule has 7 aromatic rings. The highest BCUT2D eigenvalue weighted by Crippen LogP contribution is 2.64. The van der Waals surface area contributed by atoms with E-state index in [4.69, 9.17) is 4.42 Å². The Bertz CT molecular complexity index is 2280. The quantitative estimate of drug-likeness (QED) is 0.227. The molecular formula is C42H27NO. The lowest BCUT2D eigenvalue weighted by Gasteiger charge is -2.30. The van der Waals surface area contributed by atoms with Crippen molar-refractivity contribution in [2.45, 2.75) is 11.5 Å². The standard InChI is InChI=1S/C42H27NO/c1-2-10-26(11-3-1)27-18-21-37-28(24-27)19-22-38(43-37)29-20-23-39-33(25-29)40-41(44-39)32-14-6-9-17-36(32)42(40)34-15-7-4-12-30(34)31-13-5-8-16-35(31)42/h1-25,38,43H. The van der Waals surface area contributed by atoms with Crippen molar-refractivity contribution in [3.8, 4) is 33.6 Å². The largest absolute Gasteiger partial charge is 0.456 e. The molecule has 206 valence electrons. The lowest BCUT2D eigenvalue weighted by atomic mass is 9.70. The molecule has 0 radical (unpaired) electrons. The SMILES string of the molecule is C1=CC(c2ccc3oc4c(c3c2)C2(c3ccccc3-c3ccccc32)c2ccccc2-4)Nc2ccc(-c3ccccc3)cc21.